The Morgan fingerprint density at radius 3 is 2.71 bits per heavy atom. The highest BCUT2D eigenvalue weighted by atomic mass is 16.5. The van der Waals surface area contributed by atoms with Gasteiger partial charge < -0.3 is 24.3 Å². The van der Waals surface area contributed by atoms with Crippen LogP contribution in [0.4, 0.5) is 5.69 Å². The van der Waals surface area contributed by atoms with Crippen LogP contribution in [0.2, 0.25) is 0 Å². The Hall–Kier alpha value is -4.06. The van der Waals surface area contributed by atoms with Gasteiger partial charge in [0.2, 0.25) is 11.8 Å². The summed E-state index contributed by atoms with van der Waals surface area (Å²) in [5, 5.41) is 20.2. The molecule has 0 saturated heterocycles. The number of aryl methyl sites for hydroxylation is 1. The number of rotatable bonds is 8. The van der Waals surface area contributed by atoms with E-state index in [1.54, 1.807) is 31.3 Å². The molecule has 0 aliphatic carbocycles. The monoisotopic (exact) mass is 464 g/mol. The predicted octanol–water partition coefficient (Wildman–Crippen LogP) is 4.06. The molecule has 0 spiro atoms. The lowest BCUT2D eigenvalue weighted by atomic mass is 9.79. The van der Waals surface area contributed by atoms with Gasteiger partial charge in [0, 0.05) is 23.0 Å². The van der Waals surface area contributed by atoms with Gasteiger partial charge in [-0.05, 0) is 38.5 Å². The van der Waals surface area contributed by atoms with E-state index >= 15 is 0 Å². The van der Waals surface area contributed by atoms with Crippen LogP contribution < -0.4 is 14.8 Å². The fourth-order valence-corrected chi connectivity index (χ4v) is 3.97. The molecule has 2 aromatic rings. The fourth-order valence-electron chi connectivity index (χ4n) is 3.97. The molecule has 1 aliphatic rings. The zero-order chi connectivity index (χ0) is 24.8. The van der Waals surface area contributed by atoms with Crippen molar-refractivity contribution in [2.75, 3.05) is 32.8 Å². The molecular weight excluding hydrogens is 436 g/mol. The lowest BCUT2D eigenvalue weighted by Crippen LogP contribution is -2.26. The first kappa shape index (κ1) is 24.6. The van der Waals surface area contributed by atoms with E-state index in [0.29, 0.717) is 46.2 Å². The third kappa shape index (κ3) is 4.66. The highest BCUT2D eigenvalue weighted by molar-refractivity contribution is 5.96. The molecule has 0 radical (unpaired) electrons. The van der Waals surface area contributed by atoms with Crippen molar-refractivity contribution in [2.24, 2.45) is 0 Å². The lowest BCUT2D eigenvalue weighted by Gasteiger charge is -2.32. The third-order valence-corrected chi connectivity index (χ3v) is 5.52. The second-order valence-electron chi connectivity index (χ2n) is 7.60. The van der Waals surface area contributed by atoms with E-state index in [1.165, 1.54) is 14.2 Å². The standard InChI is InChI=1S/C25H28N4O5/c1-6-33-24-21-20(17-9-8-16(23(27)32-5)12-18(17)31-4)19(25(30)34-11-7-10-26)15(3)29-22(21)14(2)13-28-24/h8-9,12-13,20,27,29H,6-7,11H2,1-5H3. The van der Waals surface area contributed by atoms with Gasteiger partial charge in [-0.25, -0.2) is 9.78 Å². The summed E-state index contributed by atoms with van der Waals surface area (Å²) in [5.41, 5.74) is 4.56. The molecule has 1 aromatic carbocycles. The first-order chi connectivity index (χ1) is 16.4. The lowest BCUT2D eigenvalue weighted by molar-refractivity contribution is -0.139. The third-order valence-electron chi connectivity index (χ3n) is 5.52. The minimum Gasteiger partial charge on any atom is -0.496 e. The molecule has 9 heteroatoms. The maximum Gasteiger partial charge on any atom is 0.336 e. The van der Waals surface area contributed by atoms with E-state index in [1.807, 2.05) is 19.9 Å². The number of hydrogen-bond acceptors (Lipinski definition) is 9. The number of hydrogen-bond donors (Lipinski definition) is 2. The van der Waals surface area contributed by atoms with Gasteiger partial charge in [-0.15, -0.1) is 0 Å². The molecule has 1 aliphatic heterocycles. The molecule has 2 heterocycles. The van der Waals surface area contributed by atoms with Gasteiger partial charge in [0.1, 0.15) is 12.4 Å². The number of nitrogens with one attached hydrogen (secondary N) is 2. The number of esters is 1. The van der Waals surface area contributed by atoms with E-state index in [4.69, 9.17) is 29.6 Å². The molecule has 9 nitrogen and oxygen atoms in total. The van der Waals surface area contributed by atoms with Gasteiger partial charge in [-0.2, -0.15) is 5.26 Å². The topological polar surface area (TPSA) is 127 Å². The molecule has 0 saturated carbocycles. The summed E-state index contributed by atoms with van der Waals surface area (Å²) in [6.45, 7) is 5.97. The van der Waals surface area contributed by atoms with Crippen LogP contribution in [0.15, 0.2) is 35.7 Å². The van der Waals surface area contributed by atoms with Crippen LogP contribution >= 0.6 is 0 Å². The zero-order valence-corrected chi connectivity index (χ0v) is 19.9. The minimum atomic E-state index is -0.625. The second-order valence-corrected chi connectivity index (χ2v) is 7.60. The van der Waals surface area contributed by atoms with Crippen LogP contribution in [-0.4, -0.2) is 44.3 Å². The molecule has 1 unspecified atom stereocenters. The predicted molar refractivity (Wildman–Crippen MR) is 126 cm³/mol. The summed E-state index contributed by atoms with van der Waals surface area (Å²) in [7, 11) is 2.95. The summed E-state index contributed by atoms with van der Waals surface area (Å²) in [6, 6.07) is 7.21. The average Bonchev–Trinajstić information content (AvgIpc) is 2.84. The number of fused-ring (bicyclic) bond motifs is 1. The molecule has 1 aromatic heterocycles. The normalized spacial score (nSPS) is 14.4. The molecule has 3 rings (SSSR count). The van der Waals surface area contributed by atoms with Crippen molar-refractivity contribution in [3.63, 3.8) is 0 Å². The van der Waals surface area contributed by atoms with Gasteiger partial charge >= 0.3 is 5.97 Å². The van der Waals surface area contributed by atoms with Crippen molar-refractivity contribution in [1.82, 2.24) is 4.98 Å². The number of nitrogens with zero attached hydrogens (tertiary/aromatic N) is 2. The molecule has 178 valence electrons. The number of pyridine rings is 1. The van der Waals surface area contributed by atoms with E-state index in [9.17, 15) is 4.79 Å². The quantitative estimate of drug-likeness (QED) is 0.259. The van der Waals surface area contributed by atoms with Crippen molar-refractivity contribution in [2.45, 2.75) is 33.1 Å². The Kier molecular flexibility index (Phi) is 7.74. The Balaban J connectivity index is 2.28. The molecular formula is C25H28N4O5. The number of benzene rings is 1. The highest BCUT2D eigenvalue weighted by Gasteiger charge is 2.38. The van der Waals surface area contributed by atoms with E-state index in [0.717, 1.165) is 11.3 Å². The smallest absolute Gasteiger partial charge is 0.336 e. The molecule has 0 amide bonds. The van der Waals surface area contributed by atoms with Crippen LogP contribution in [0.25, 0.3) is 0 Å². The van der Waals surface area contributed by atoms with Gasteiger partial charge in [-0.3, -0.25) is 5.41 Å². The van der Waals surface area contributed by atoms with Gasteiger partial charge in [0.15, 0.2) is 0 Å². The van der Waals surface area contributed by atoms with Crippen molar-refractivity contribution >= 4 is 17.6 Å². The summed E-state index contributed by atoms with van der Waals surface area (Å²) in [6.07, 6.45) is 1.81. The first-order valence-electron chi connectivity index (χ1n) is 10.8. The van der Waals surface area contributed by atoms with E-state index < -0.39 is 11.9 Å². The van der Waals surface area contributed by atoms with Crippen molar-refractivity contribution in [3.05, 3.63) is 57.9 Å². The number of allylic oxidation sites excluding steroid dienone is 1. The fraction of sp³-hybridized carbons (Fsp3) is 0.360. The average molecular weight is 465 g/mol. The van der Waals surface area contributed by atoms with E-state index in [2.05, 4.69) is 10.3 Å². The van der Waals surface area contributed by atoms with Gasteiger partial charge in [0.25, 0.3) is 0 Å². The Labute approximate surface area is 198 Å². The van der Waals surface area contributed by atoms with Crippen molar-refractivity contribution in [1.29, 1.82) is 10.7 Å². The number of aromatic nitrogens is 1. The number of nitriles is 1. The van der Waals surface area contributed by atoms with Gasteiger partial charge in [0.05, 0.1) is 56.1 Å². The molecule has 34 heavy (non-hydrogen) atoms. The van der Waals surface area contributed by atoms with Crippen LogP contribution in [-0.2, 0) is 14.3 Å². The largest absolute Gasteiger partial charge is 0.496 e. The second kappa shape index (κ2) is 10.7. The van der Waals surface area contributed by atoms with Crippen LogP contribution in [0, 0.1) is 23.7 Å². The highest BCUT2D eigenvalue weighted by Crippen LogP contribution is 2.49. The van der Waals surface area contributed by atoms with Crippen LogP contribution in [0.3, 0.4) is 0 Å². The molecule has 2 N–H and O–H groups in total. The summed E-state index contributed by atoms with van der Waals surface area (Å²) in [4.78, 5) is 17.8. The molecule has 0 bridgehead atoms. The van der Waals surface area contributed by atoms with Crippen molar-refractivity contribution in [3.8, 4) is 17.7 Å². The van der Waals surface area contributed by atoms with Crippen molar-refractivity contribution < 1.29 is 23.7 Å². The number of carbonyl (C=O) groups is 1. The summed E-state index contributed by atoms with van der Waals surface area (Å²) < 4.78 is 22.0. The van der Waals surface area contributed by atoms with Crippen LogP contribution in [0.5, 0.6) is 11.6 Å². The summed E-state index contributed by atoms with van der Waals surface area (Å²) in [5.74, 6) is -0.315. The first-order valence-corrected chi connectivity index (χ1v) is 10.8. The number of carbonyl (C=O) groups excluding carboxylic acids is 1. The maximum absolute atomic E-state index is 13.3. The van der Waals surface area contributed by atoms with Crippen LogP contribution in [0.1, 0.15) is 48.4 Å². The number of ether oxygens (including phenoxy) is 4. The zero-order valence-electron chi connectivity index (χ0n) is 19.9. The number of anilines is 1. The number of methoxy groups -OCH3 is 2. The Morgan fingerprint density at radius 2 is 2.06 bits per heavy atom. The summed E-state index contributed by atoms with van der Waals surface area (Å²) >= 11 is 0. The minimum absolute atomic E-state index is 0.00839. The van der Waals surface area contributed by atoms with Gasteiger partial charge in [-0.1, -0.05) is 6.07 Å². The van der Waals surface area contributed by atoms with E-state index in [-0.39, 0.29) is 18.9 Å². The SMILES string of the molecule is CCOc1ncc(C)c2c1C(c1ccc(C(=N)OC)cc1OC)C(C(=O)OCCC#N)=C(C)N2. The molecule has 1 atom stereocenters. The Bertz CT molecular complexity index is 1180. The maximum atomic E-state index is 13.3. The molecule has 0 fully saturated rings. The Morgan fingerprint density at radius 1 is 1.29 bits per heavy atom.